The molecule has 0 saturated carbocycles. The third-order valence-electron chi connectivity index (χ3n) is 4.82. The Morgan fingerprint density at radius 3 is 2.47 bits per heavy atom. The van der Waals surface area contributed by atoms with E-state index in [0.29, 0.717) is 23.0 Å². The zero-order valence-electron chi connectivity index (χ0n) is 17.8. The van der Waals surface area contributed by atoms with Crippen LogP contribution in [-0.4, -0.2) is 49.7 Å². The molecule has 0 radical (unpaired) electrons. The molecule has 0 unspecified atom stereocenters. The lowest BCUT2D eigenvalue weighted by Gasteiger charge is -2.15. The molecule has 1 aliphatic heterocycles. The number of aryl methyl sites for hydroxylation is 1. The predicted octanol–water partition coefficient (Wildman–Crippen LogP) is 2.29. The second-order valence-electron chi connectivity index (χ2n) is 6.90. The fraction of sp³-hybridized carbons (Fsp3) is 0.273. The van der Waals surface area contributed by atoms with E-state index in [9.17, 15) is 22.8 Å². The Bertz CT molecular complexity index is 1230. The van der Waals surface area contributed by atoms with Gasteiger partial charge in [0.15, 0.2) is 11.5 Å². The summed E-state index contributed by atoms with van der Waals surface area (Å²) >= 11 is 0. The van der Waals surface area contributed by atoms with Crippen LogP contribution in [0.3, 0.4) is 0 Å². The van der Waals surface area contributed by atoms with Gasteiger partial charge in [-0.05, 0) is 43.2 Å². The number of anilines is 1. The van der Waals surface area contributed by atoms with Gasteiger partial charge in [0, 0.05) is 13.3 Å². The molecule has 1 heterocycles. The van der Waals surface area contributed by atoms with E-state index in [1.807, 2.05) is 6.92 Å². The second-order valence-corrected chi connectivity index (χ2v) is 7.84. The van der Waals surface area contributed by atoms with E-state index in [4.69, 9.17) is 9.47 Å². The van der Waals surface area contributed by atoms with E-state index in [-0.39, 0.29) is 34.6 Å². The van der Waals surface area contributed by atoms with Crippen molar-refractivity contribution in [3.8, 4) is 11.5 Å². The van der Waals surface area contributed by atoms with Crippen LogP contribution in [0, 0.1) is 0 Å². The van der Waals surface area contributed by atoms with E-state index in [0.717, 1.165) is 5.56 Å². The van der Waals surface area contributed by atoms with Gasteiger partial charge in [0.1, 0.15) is 4.99 Å². The van der Waals surface area contributed by atoms with Crippen molar-refractivity contribution >= 4 is 38.7 Å². The van der Waals surface area contributed by atoms with Gasteiger partial charge in [-0.2, -0.15) is 8.42 Å². The number of nitrogens with one attached hydrogen (secondary N) is 1. The molecule has 0 atom stereocenters. The summed E-state index contributed by atoms with van der Waals surface area (Å²) in [6.45, 7) is 3.53. The normalized spacial score (nSPS) is 12.4. The van der Waals surface area contributed by atoms with Crippen LogP contribution in [0.25, 0.3) is 0 Å². The first kappa shape index (κ1) is 23.0. The molecule has 3 rings (SSSR count). The van der Waals surface area contributed by atoms with Gasteiger partial charge in [-0.15, -0.1) is 0 Å². The number of rotatable bonds is 7. The van der Waals surface area contributed by atoms with Gasteiger partial charge < -0.3 is 14.8 Å². The monoisotopic (exact) mass is 458 g/mol. The topological polar surface area (TPSA) is 119 Å². The summed E-state index contributed by atoms with van der Waals surface area (Å²) in [5.41, 5.74) is 0.905. The molecule has 10 heteroatoms. The van der Waals surface area contributed by atoms with Crippen LogP contribution in [0.4, 0.5) is 5.69 Å². The average Bonchev–Trinajstić information content (AvgIpc) is 3.00. The van der Waals surface area contributed by atoms with Crippen LogP contribution in [0.5, 0.6) is 11.5 Å². The average molecular weight is 458 g/mol. The SMILES string of the molecule is CCOc1cc(CCC(N2C(=O)c3cccc(NC(C)=O)c3C2=O)=S(=O)=O)ccc1OC. The number of imide groups is 1. The lowest BCUT2D eigenvalue weighted by Crippen LogP contribution is -2.37. The van der Waals surface area contributed by atoms with Gasteiger partial charge in [0.2, 0.25) is 16.2 Å². The summed E-state index contributed by atoms with van der Waals surface area (Å²) in [5, 5.41) is 2.50. The van der Waals surface area contributed by atoms with E-state index in [2.05, 4.69) is 5.32 Å². The van der Waals surface area contributed by atoms with Gasteiger partial charge in [-0.25, -0.2) is 4.90 Å². The van der Waals surface area contributed by atoms with Crippen LogP contribution in [0.2, 0.25) is 0 Å². The standard InChI is InChI=1S/C22H22N2O7S/c1-4-31-18-12-14(8-10-17(18)30-3)9-11-19(32(28)29)24-21(26)15-6-5-7-16(23-13(2)25)20(15)22(24)27/h5-8,10,12H,4,9,11H2,1-3H3,(H,23,25). The summed E-state index contributed by atoms with van der Waals surface area (Å²) in [5.74, 6) is -0.909. The molecule has 0 aromatic heterocycles. The maximum atomic E-state index is 13.0. The van der Waals surface area contributed by atoms with Crippen molar-refractivity contribution in [2.75, 3.05) is 19.0 Å². The molecule has 168 valence electrons. The third kappa shape index (κ3) is 4.50. The largest absolute Gasteiger partial charge is 0.493 e. The third-order valence-corrected chi connectivity index (χ3v) is 5.59. The van der Waals surface area contributed by atoms with Crippen molar-refractivity contribution in [2.24, 2.45) is 0 Å². The van der Waals surface area contributed by atoms with Crippen molar-refractivity contribution in [3.05, 3.63) is 53.1 Å². The number of amides is 3. The van der Waals surface area contributed by atoms with Crippen LogP contribution in [0.1, 0.15) is 46.5 Å². The molecule has 2 aromatic carbocycles. The Balaban J connectivity index is 1.90. The maximum absolute atomic E-state index is 13.0. The highest BCUT2D eigenvalue weighted by Gasteiger charge is 2.40. The number of carbonyl (C=O) groups is 3. The fourth-order valence-corrected chi connectivity index (χ4v) is 4.06. The van der Waals surface area contributed by atoms with Gasteiger partial charge in [-0.3, -0.25) is 14.4 Å². The summed E-state index contributed by atoms with van der Waals surface area (Å²) in [7, 11) is -1.31. The Morgan fingerprint density at radius 2 is 1.84 bits per heavy atom. The second kappa shape index (κ2) is 9.65. The molecule has 3 amide bonds. The lowest BCUT2D eigenvalue weighted by molar-refractivity contribution is -0.114. The summed E-state index contributed by atoms with van der Waals surface area (Å²) in [6, 6.07) is 9.60. The van der Waals surface area contributed by atoms with Crippen molar-refractivity contribution in [3.63, 3.8) is 0 Å². The minimum atomic E-state index is -2.82. The van der Waals surface area contributed by atoms with Crippen LogP contribution < -0.4 is 14.8 Å². The van der Waals surface area contributed by atoms with E-state index < -0.39 is 28.0 Å². The molecule has 0 spiro atoms. The highest BCUT2D eigenvalue weighted by Crippen LogP contribution is 2.31. The Morgan fingerprint density at radius 1 is 1.09 bits per heavy atom. The maximum Gasteiger partial charge on any atom is 0.268 e. The molecule has 1 N–H and O–H groups in total. The summed E-state index contributed by atoms with van der Waals surface area (Å²) < 4.78 is 34.8. The number of methoxy groups -OCH3 is 1. The Kier molecular flexibility index (Phi) is 6.94. The number of fused-ring (bicyclic) bond motifs is 1. The molecule has 9 nitrogen and oxygen atoms in total. The minimum Gasteiger partial charge on any atom is -0.493 e. The number of nitrogens with zero attached hydrogens (tertiary/aromatic N) is 1. The van der Waals surface area contributed by atoms with Gasteiger partial charge in [0.05, 0.1) is 30.5 Å². The molecule has 0 saturated heterocycles. The van der Waals surface area contributed by atoms with Crippen molar-refractivity contribution in [1.29, 1.82) is 0 Å². The highest BCUT2D eigenvalue weighted by atomic mass is 32.2. The number of hydrogen-bond acceptors (Lipinski definition) is 7. The molecule has 1 aliphatic rings. The number of benzene rings is 2. The van der Waals surface area contributed by atoms with Gasteiger partial charge in [-0.1, -0.05) is 12.1 Å². The first-order chi connectivity index (χ1) is 15.3. The van der Waals surface area contributed by atoms with Crippen molar-refractivity contribution in [2.45, 2.75) is 26.7 Å². The number of hydrogen-bond donors (Lipinski definition) is 1. The van der Waals surface area contributed by atoms with Crippen LogP contribution >= 0.6 is 0 Å². The quantitative estimate of drug-likeness (QED) is 0.499. The first-order valence-corrected chi connectivity index (χ1v) is 10.9. The molecule has 0 aliphatic carbocycles. The van der Waals surface area contributed by atoms with Gasteiger partial charge >= 0.3 is 0 Å². The predicted molar refractivity (Wildman–Crippen MR) is 118 cm³/mol. The molecular formula is C22H22N2O7S. The molecular weight excluding hydrogens is 436 g/mol. The van der Waals surface area contributed by atoms with Crippen molar-refractivity contribution in [1.82, 2.24) is 4.90 Å². The van der Waals surface area contributed by atoms with Gasteiger partial charge in [0.25, 0.3) is 11.8 Å². The highest BCUT2D eigenvalue weighted by molar-refractivity contribution is 7.73. The fourth-order valence-electron chi connectivity index (χ4n) is 3.47. The number of carbonyl (C=O) groups excluding carboxylic acids is 3. The van der Waals surface area contributed by atoms with Crippen LogP contribution in [-0.2, 0) is 21.5 Å². The lowest BCUT2D eigenvalue weighted by atomic mass is 10.1. The smallest absolute Gasteiger partial charge is 0.268 e. The minimum absolute atomic E-state index is 0.0290. The summed E-state index contributed by atoms with van der Waals surface area (Å²) in [4.78, 5) is 37.7. The Labute approximate surface area is 186 Å². The molecule has 2 aromatic rings. The zero-order valence-corrected chi connectivity index (χ0v) is 18.6. The molecule has 0 fully saturated rings. The molecule has 0 bridgehead atoms. The van der Waals surface area contributed by atoms with E-state index in [1.54, 1.807) is 18.2 Å². The molecule has 32 heavy (non-hydrogen) atoms. The van der Waals surface area contributed by atoms with E-state index in [1.165, 1.54) is 32.2 Å². The first-order valence-electron chi connectivity index (χ1n) is 9.82. The summed E-state index contributed by atoms with van der Waals surface area (Å²) in [6.07, 6.45) is 0.147. The van der Waals surface area contributed by atoms with E-state index >= 15 is 0 Å². The zero-order chi connectivity index (χ0) is 23.4. The van der Waals surface area contributed by atoms with Crippen LogP contribution in [0.15, 0.2) is 36.4 Å². The Hall–Kier alpha value is -3.66. The van der Waals surface area contributed by atoms with Crippen molar-refractivity contribution < 1.29 is 32.3 Å². The number of ether oxygens (including phenoxy) is 2.